The van der Waals surface area contributed by atoms with Gasteiger partial charge in [0.05, 0.1) is 5.92 Å². The number of amides is 1. The van der Waals surface area contributed by atoms with Crippen LogP contribution in [0.1, 0.15) is 44.6 Å². The van der Waals surface area contributed by atoms with E-state index in [-0.39, 0.29) is 23.9 Å². The molecule has 3 rings (SSSR count). The van der Waals surface area contributed by atoms with Gasteiger partial charge in [-0.25, -0.2) is 0 Å². The van der Waals surface area contributed by atoms with Crippen molar-refractivity contribution in [2.24, 2.45) is 5.92 Å². The van der Waals surface area contributed by atoms with Crippen molar-refractivity contribution in [2.75, 3.05) is 0 Å². The summed E-state index contributed by atoms with van der Waals surface area (Å²) in [7, 11) is 0. The Hall–Kier alpha value is -1.42. The Bertz CT molecular complexity index is 545. The Balaban J connectivity index is 1.64. The summed E-state index contributed by atoms with van der Waals surface area (Å²) in [5.74, 6) is 0.369. The van der Waals surface area contributed by atoms with E-state index in [4.69, 9.17) is 12.2 Å². The molecule has 1 aromatic carbocycles. The van der Waals surface area contributed by atoms with Crippen LogP contribution in [0.3, 0.4) is 0 Å². The lowest BCUT2D eigenvalue weighted by Crippen LogP contribution is -2.62. The molecule has 0 spiro atoms. The molecule has 2 aliphatic rings. The minimum atomic E-state index is 0.125. The zero-order valence-electron chi connectivity index (χ0n) is 13.1. The first-order valence-electron chi connectivity index (χ1n) is 8.34. The van der Waals surface area contributed by atoms with Gasteiger partial charge in [-0.15, -0.1) is 0 Å². The summed E-state index contributed by atoms with van der Waals surface area (Å²) < 4.78 is 0. The lowest BCUT2D eigenvalue weighted by molar-refractivity contribution is -0.136. The van der Waals surface area contributed by atoms with Crippen LogP contribution in [0.15, 0.2) is 30.3 Å². The average Bonchev–Trinajstić information content (AvgIpc) is 2.54. The standard InChI is InChI=1S/C18H24N2OS/c1-13(11-12-14-7-3-2-4-8-14)20-17(21)15-9-5-6-10-16(15)19-18(20)22/h2-4,7-8,13,15-16H,5-6,9-12H2,1H3,(H,19,22). The lowest BCUT2D eigenvalue weighted by Gasteiger charge is -2.44. The van der Waals surface area contributed by atoms with Crippen LogP contribution in [0.4, 0.5) is 0 Å². The summed E-state index contributed by atoms with van der Waals surface area (Å²) in [6.07, 6.45) is 6.35. The van der Waals surface area contributed by atoms with Gasteiger partial charge >= 0.3 is 0 Å². The molecule has 1 saturated carbocycles. The normalized spacial score (nSPS) is 26.3. The Morgan fingerprint density at radius 3 is 2.77 bits per heavy atom. The van der Waals surface area contributed by atoms with E-state index in [1.165, 1.54) is 12.0 Å². The number of aryl methyl sites for hydroxylation is 1. The first-order valence-corrected chi connectivity index (χ1v) is 8.75. The highest BCUT2D eigenvalue weighted by Gasteiger charge is 2.41. The van der Waals surface area contributed by atoms with Gasteiger partial charge in [-0.2, -0.15) is 0 Å². The van der Waals surface area contributed by atoms with Crippen LogP contribution in [0.5, 0.6) is 0 Å². The monoisotopic (exact) mass is 316 g/mol. The Kier molecular flexibility index (Phi) is 4.77. The summed E-state index contributed by atoms with van der Waals surface area (Å²) in [5.41, 5.74) is 1.31. The molecule has 1 saturated heterocycles. The van der Waals surface area contributed by atoms with E-state index in [0.29, 0.717) is 5.11 Å². The van der Waals surface area contributed by atoms with E-state index in [2.05, 4.69) is 36.5 Å². The molecule has 4 heteroatoms. The number of fused-ring (bicyclic) bond motifs is 1. The average molecular weight is 316 g/mol. The van der Waals surface area contributed by atoms with E-state index < -0.39 is 0 Å². The lowest BCUT2D eigenvalue weighted by atomic mass is 9.82. The molecule has 22 heavy (non-hydrogen) atoms. The second-order valence-corrected chi connectivity index (χ2v) is 6.92. The fourth-order valence-electron chi connectivity index (χ4n) is 3.67. The summed E-state index contributed by atoms with van der Waals surface area (Å²) in [4.78, 5) is 14.7. The molecule has 0 aromatic heterocycles. The van der Waals surface area contributed by atoms with Gasteiger partial charge in [-0.1, -0.05) is 43.2 Å². The second kappa shape index (κ2) is 6.78. The van der Waals surface area contributed by atoms with E-state index in [0.717, 1.165) is 32.1 Å². The minimum absolute atomic E-state index is 0.125. The Morgan fingerprint density at radius 1 is 1.27 bits per heavy atom. The van der Waals surface area contributed by atoms with E-state index in [1.807, 2.05) is 11.0 Å². The van der Waals surface area contributed by atoms with Gasteiger partial charge in [0.15, 0.2) is 5.11 Å². The summed E-state index contributed by atoms with van der Waals surface area (Å²) in [5, 5.41) is 4.05. The van der Waals surface area contributed by atoms with Gasteiger partial charge in [0.25, 0.3) is 0 Å². The second-order valence-electron chi connectivity index (χ2n) is 6.53. The van der Waals surface area contributed by atoms with Crippen LogP contribution < -0.4 is 5.32 Å². The molecule has 2 fully saturated rings. The van der Waals surface area contributed by atoms with Gasteiger partial charge in [-0.05, 0) is 50.4 Å². The molecule has 118 valence electrons. The van der Waals surface area contributed by atoms with Gasteiger partial charge in [-0.3, -0.25) is 9.69 Å². The van der Waals surface area contributed by atoms with Crippen molar-refractivity contribution < 1.29 is 4.79 Å². The largest absolute Gasteiger partial charge is 0.359 e. The number of thiocarbonyl (C=S) groups is 1. The van der Waals surface area contributed by atoms with Crippen LogP contribution in [0.2, 0.25) is 0 Å². The van der Waals surface area contributed by atoms with Crippen molar-refractivity contribution in [1.82, 2.24) is 10.2 Å². The maximum Gasteiger partial charge on any atom is 0.234 e. The van der Waals surface area contributed by atoms with Crippen molar-refractivity contribution in [3.05, 3.63) is 35.9 Å². The fraction of sp³-hybridized carbons (Fsp3) is 0.556. The molecule has 1 N–H and O–H groups in total. The smallest absolute Gasteiger partial charge is 0.234 e. The quantitative estimate of drug-likeness (QED) is 0.865. The van der Waals surface area contributed by atoms with Crippen LogP contribution in [-0.2, 0) is 11.2 Å². The van der Waals surface area contributed by atoms with Crippen molar-refractivity contribution in [3.63, 3.8) is 0 Å². The van der Waals surface area contributed by atoms with Gasteiger partial charge in [0.2, 0.25) is 5.91 Å². The summed E-state index contributed by atoms with van der Waals surface area (Å²) >= 11 is 5.47. The number of hydrogen-bond donors (Lipinski definition) is 1. The molecule has 1 heterocycles. The van der Waals surface area contributed by atoms with Crippen molar-refractivity contribution >= 4 is 23.2 Å². The Labute approximate surface area is 138 Å². The van der Waals surface area contributed by atoms with Crippen LogP contribution >= 0.6 is 12.2 Å². The highest BCUT2D eigenvalue weighted by molar-refractivity contribution is 7.80. The third kappa shape index (κ3) is 3.17. The van der Waals surface area contributed by atoms with Crippen molar-refractivity contribution in [1.29, 1.82) is 0 Å². The molecule has 3 unspecified atom stereocenters. The first kappa shape index (κ1) is 15.5. The van der Waals surface area contributed by atoms with Crippen LogP contribution in [-0.4, -0.2) is 28.0 Å². The van der Waals surface area contributed by atoms with Gasteiger partial charge in [0, 0.05) is 12.1 Å². The molecule has 0 radical (unpaired) electrons. The van der Waals surface area contributed by atoms with Crippen LogP contribution in [0.25, 0.3) is 0 Å². The minimum Gasteiger partial charge on any atom is -0.359 e. The number of carbonyl (C=O) groups is 1. The fourth-order valence-corrected chi connectivity index (χ4v) is 4.09. The third-order valence-corrected chi connectivity index (χ3v) is 5.30. The van der Waals surface area contributed by atoms with E-state index >= 15 is 0 Å². The molecule has 1 aromatic rings. The van der Waals surface area contributed by atoms with Crippen molar-refractivity contribution in [3.8, 4) is 0 Å². The zero-order valence-corrected chi connectivity index (χ0v) is 13.9. The third-order valence-electron chi connectivity index (χ3n) is 4.98. The number of carbonyl (C=O) groups excluding carboxylic acids is 1. The molecule has 3 atom stereocenters. The van der Waals surface area contributed by atoms with E-state index in [1.54, 1.807) is 0 Å². The first-order chi connectivity index (χ1) is 10.7. The van der Waals surface area contributed by atoms with Crippen molar-refractivity contribution in [2.45, 2.75) is 57.5 Å². The number of nitrogens with one attached hydrogen (secondary N) is 1. The number of benzene rings is 1. The highest BCUT2D eigenvalue weighted by atomic mass is 32.1. The predicted octanol–water partition coefficient (Wildman–Crippen LogP) is 3.28. The highest BCUT2D eigenvalue weighted by Crippen LogP contribution is 2.30. The summed E-state index contributed by atoms with van der Waals surface area (Å²) in [6.45, 7) is 2.11. The maximum atomic E-state index is 12.8. The number of hydrogen-bond acceptors (Lipinski definition) is 2. The predicted molar refractivity (Wildman–Crippen MR) is 92.6 cm³/mol. The molecule has 1 amide bonds. The maximum absolute atomic E-state index is 12.8. The van der Waals surface area contributed by atoms with Crippen LogP contribution in [0, 0.1) is 5.92 Å². The molecular formula is C18H24N2OS. The molecule has 3 nitrogen and oxygen atoms in total. The topological polar surface area (TPSA) is 32.3 Å². The molecule has 1 aliphatic heterocycles. The molecule has 1 aliphatic carbocycles. The number of rotatable bonds is 4. The number of nitrogens with zero attached hydrogens (tertiary/aromatic N) is 1. The Morgan fingerprint density at radius 2 is 2.00 bits per heavy atom. The zero-order chi connectivity index (χ0) is 15.5. The van der Waals surface area contributed by atoms with Gasteiger partial charge in [0.1, 0.15) is 0 Å². The van der Waals surface area contributed by atoms with E-state index in [9.17, 15) is 4.79 Å². The SMILES string of the molecule is CC(CCc1ccccc1)N1C(=O)C2CCCCC2NC1=S. The molecular weight excluding hydrogens is 292 g/mol. The van der Waals surface area contributed by atoms with Gasteiger partial charge < -0.3 is 5.32 Å². The summed E-state index contributed by atoms with van der Waals surface area (Å²) in [6, 6.07) is 10.8. The molecule has 0 bridgehead atoms.